The highest BCUT2D eigenvalue weighted by Gasteiger charge is 2.37. The maximum atomic E-state index is 12.8. The normalized spacial score (nSPS) is 23.8. The van der Waals surface area contributed by atoms with E-state index in [1.165, 1.54) is 25.7 Å². The van der Waals surface area contributed by atoms with Crippen molar-refractivity contribution in [2.75, 3.05) is 13.1 Å². The number of nitrogens with zero attached hydrogens (tertiary/aromatic N) is 4. The van der Waals surface area contributed by atoms with Crippen LogP contribution in [-0.2, 0) is 7.05 Å². The van der Waals surface area contributed by atoms with Crippen molar-refractivity contribution in [3.8, 4) is 11.3 Å². The molecular formula is C18H22N4O. The number of aryl methyl sites for hydroxylation is 1. The molecule has 1 aliphatic carbocycles. The molecule has 5 heteroatoms. The molecule has 2 aliphatic rings. The molecule has 1 aliphatic heterocycles. The molecule has 4 rings (SSSR count). The van der Waals surface area contributed by atoms with E-state index in [1.54, 1.807) is 17.1 Å². The molecule has 0 bridgehead atoms. The summed E-state index contributed by atoms with van der Waals surface area (Å²) >= 11 is 0. The van der Waals surface area contributed by atoms with Gasteiger partial charge in [-0.05, 0) is 42.9 Å². The summed E-state index contributed by atoms with van der Waals surface area (Å²) in [6, 6.07) is 5.78. The maximum Gasteiger partial charge on any atom is 0.274 e. The van der Waals surface area contributed by atoms with Crippen molar-refractivity contribution in [1.29, 1.82) is 0 Å². The van der Waals surface area contributed by atoms with Crippen LogP contribution in [0, 0.1) is 11.8 Å². The van der Waals surface area contributed by atoms with Gasteiger partial charge in [-0.1, -0.05) is 12.8 Å². The summed E-state index contributed by atoms with van der Waals surface area (Å²) in [7, 11) is 1.88. The summed E-state index contributed by atoms with van der Waals surface area (Å²) in [6.07, 6.45) is 8.73. The van der Waals surface area contributed by atoms with E-state index in [0.717, 1.165) is 24.3 Å². The molecular weight excluding hydrogens is 288 g/mol. The molecule has 23 heavy (non-hydrogen) atoms. The highest BCUT2D eigenvalue weighted by Crippen LogP contribution is 2.36. The lowest BCUT2D eigenvalue weighted by atomic mass is 9.82. The summed E-state index contributed by atoms with van der Waals surface area (Å²) in [5, 5.41) is 4.45. The van der Waals surface area contributed by atoms with Crippen LogP contribution in [0.4, 0.5) is 0 Å². The molecule has 5 nitrogen and oxygen atoms in total. The van der Waals surface area contributed by atoms with Crippen LogP contribution >= 0.6 is 0 Å². The second kappa shape index (κ2) is 5.80. The number of amides is 1. The maximum absolute atomic E-state index is 12.8. The van der Waals surface area contributed by atoms with Crippen LogP contribution in [0.3, 0.4) is 0 Å². The summed E-state index contributed by atoms with van der Waals surface area (Å²) in [6.45, 7) is 1.81. The molecule has 2 aromatic heterocycles. The summed E-state index contributed by atoms with van der Waals surface area (Å²) in [5.74, 6) is 1.48. The van der Waals surface area contributed by atoms with Crippen molar-refractivity contribution in [2.45, 2.75) is 25.7 Å². The Morgan fingerprint density at radius 2 is 1.96 bits per heavy atom. The van der Waals surface area contributed by atoms with Crippen LogP contribution in [0.2, 0.25) is 0 Å². The first-order valence-electron chi connectivity index (χ1n) is 8.46. The van der Waals surface area contributed by atoms with E-state index < -0.39 is 0 Å². The van der Waals surface area contributed by atoms with E-state index in [-0.39, 0.29) is 5.91 Å². The molecule has 0 unspecified atom stereocenters. The number of hydrogen-bond donors (Lipinski definition) is 0. The van der Waals surface area contributed by atoms with E-state index >= 15 is 0 Å². The van der Waals surface area contributed by atoms with Gasteiger partial charge in [-0.15, -0.1) is 0 Å². The molecule has 2 atom stereocenters. The Bertz CT molecular complexity index is 695. The van der Waals surface area contributed by atoms with Crippen molar-refractivity contribution in [3.05, 3.63) is 36.3 Å². The Balaban J connectivity index is 1.56. The highest BCUT2D eigenvalue weighted by molar-refractivity contribution is 5.93. The average molecular weight is 310 g/mol. The van der Waals surface area contributed by atoms with Crippen LogP contribution in [-0.4, -0.2) is 38.7 Å². The van der Waals surface area contributed by atoms with E-state index in [4.69, 9.17) is 0 Å². The molecule has 2 fully saturated rings. The molecule has 1 saturated carbocycles. The first kappa shape index (κ1) is 14.4. The second-order valence-electron chi connectivity index (χ2n) is 6.79. The summed E-state index contributed by atoms with van der Waals surface area (Å²) in [4.78, 5) is 19.0. The first-order valence-corrected chi connectivity index (χ1v) is 8.46. The van der Waals surface area contributed by atoms with E-state index in [1.807, 2.05) is 30.1 Å². The minimum absolute atomic E-state index is 0.0742. The van der Waals surface area contributed by atoms with Crippen molar-refractivity contribution >= 4 is 5.91 Å². The number of pyridine rings is 1. The fourth-order valence-electron chi connectivity index (χ4n) is 4.09. The number of carbonyl (C=O) groups excluding carboxylic acids is 1. The predicted octanol–water partition coefficient (Wildman–Crippen LogP) is 2.74. The average Bonchev–Trinajstić information content (AvgIpc) is 3.18. The van der Waals surface area contributed by atoms with Crippen LogP contribution in [0.1, 0.15) is 36.2 Å². The summed E-state index contributed by atoms with van der Waals surface area (Å²) in [5.41, 5.74) is 2.46. The SMILES string of the molecule is Cn1nc(C(=O)N2C[C@H]3CCCC[C@H]3C2)cc1-c1cccnc1. The van der Waals surface area contributed by atoms with Gasteiger partial charge in [-0.25, -0.2) is 0 Å². The Hall–Kier alpha value is -2.17. The van der Waals surface area contributed by atoms with Gasteiger partial charge in [-0.3, -0.25) is 14.5 Å². The fraction of sp³-hybridized carbons (Fsp3) is 0.500. The lowest BCUT2D eigenvalue weighted by Crippen LogP contribution is -2.29. The minimum atomic E-state index is 0.0742. The molecule has 1 amide bonds. The van der Waals surface area contributed by atoms with Gasteiger partial charge in [0.1, 0.15) is 0 Å². The van der Waals surface area contributed by atoms with Gasteiger partial charge in [-0.2, -0.15) is 5.10 Å². The first-order chi connectivity index (χ1) is 11.2. The van der Waals surface area contributed by atoms with Gasteiger partial charge in [0.25, 0.3) is 5.91 Å². The van der Waals surface area contributed by atoms with Crippen LogP contribution in [0.5, 0.6) is 0 Å². The van der Waals surface area contributed by atoms with E-state index in [2.05, 4.69) is 10.1 Å². The molecule has 0 N–H and O–H groups in total. The largest absolute Gasteiger partial charge is 0.337 e. The molecule has 0 radical (unpaired) electrons. The fourth-order valence-corrected chi connectivity index (χ4v) is 4.09. The van der Waals surface area contributed by atoms with Gasteiger partial charge < -0.3 is 4.90 Å². The number of likely N-dealkylation sites (tertiary alicyclic amines) is 1. The predicted molar refractivity (Wildman–Crippen MR) is 87.8 cm³/mol. The second-order valence-corrected chi connectivity index (χ2v) is 6.79. The van der Waals surface area contributed by atoms with Crippen molar-refractivity contribution in [3.63, 3.8) is 0 Å². The standard InChI is InChI=1S/C18H22N4O/c1-21-17(13-7-4-8-19-10-13)9-16(20-21)18(23)22-11-14-5-2-3-6-15(14)12-22/h4,7-10,14-15H,2-3,5-6,11-12H2,1H3/t14-,15+. The highest BCUT2D eigenvalue weighted by atomic mass is 16.2. The third-order valence-electron chi connectivity index (χ3n) is 5.32. The molecule has 0 aromatic carbocycles. The smallest absolute Gasteiger partial charge is 0.274 e. The van der Waals surface area contributed by atoms with Crippen molar-refractivity contribution < 1.29 is 4.79 Å². The topological polar surface area (TPSA) is 51.0 Å². The number of fused-ring (bicyclic) bond motifs is 1. The third-order valence-corrected chi connectivity index (χ3v) is 5.32. The lowest BCUT2D eigenvalue weighted by Gasteiger charge is -2.22. The molecule has 3 heterocycles. The Morgan fingerprint density at radius 3 is 2.61 bits per heavy atom. The van der Waals surface area contributed by atoms with E-state index in [0.29, 0.717) is 17.5 Å². The Kier molecular flexibility index (Phi) is 3.63. The third kappa shape index (κ3) is 2.64. The molecule has 2 aromatic rings. The number of hydrogen-bond acceptors (Lipinski definition) is 3. The van der Waals surface area contributed by atoms with Crippen LogP contribution in [0.15, 0.2) is 30.6 Å². The van der Waals surface area contributed by atoms with E-state index in [9.17, 15) is 4.79 Å². The quantitative estimate of drug-likeness (QED) is 0.857. The summed E-state index contributed by atoms with van der Waals surface area (Å²) < 4.78 is 1.77. The lowest BCUT2D eigenvalue weighted by molar-refractivity contribution is 0.0777. The van der Waals surface area contributed by atoms with Gasteiger partial charge in [0.05, 0.1) is 5.69 Å². The minimum Gasteiger partial charge on any atom is -0.337 e. The number of aromatic nitrogens is 3. The monoisotopic (exact) mass is 310 g/mol. The Labute approximate surface area is 136 Å². The number of rotatable bonds is 2. The van der Waals surface area contributed by atoms with Gasteiger partial charge in [0.15, 0.2) is 5.69 Å². The molecule has 120 valence electrons. The molecule has 1 saturated heterocycles. The zero-order chi connectivity index (χ0) is 15.8. The van der Waals surface area contributed by atoms with Crippen LogP contribution in [0.25, 0.3) is 11.3 Å². The zero-order valence-corrected chi connectivity index (χ0v) is 13.5. The van der Waals surface area contributed by atoms with Crippen molar-refractivity contribution in [1.82, 2.24) is 19.7 Å². The Morgan fingerprint density at radius 1 is 1.22 bits per heavy atom. The van der Waals surface area contributed by atoms with Gasteiger partial charge in [0.2, 0.25) is 0 Å². The zero-order valence-electron chi connectivity index (χ0n) is 13.5. The van der Waals surface area contributed by atoms with Crippen molar-refractivity contribution in [2.24, 2.45) is 18.9 Å². The van der Waals surface area contributed by atoms with Gasteiger partial charge >= 0.3 is 0 Å². The number of carbonyl (C=O) groups is 1. The van der Waals surface area contributed by atoms with Gasteiger partial charge in [0, 0.05) is 38.1 Å². The van der Waals surface area contributed by atoms with Crippen LogP contribution < -0.4 is 0 Å². The molecule has 0 spiro atoms.